The van der Waals surface area contributed by atoms with E-state index in [0.29, 0.717) is 36.1 Å². The van der Waals surface area contributed by atoms with Crippen LogP contribution in [0.4, 0.5) is 20.2 Å². The molecule has 0 bridgehead atoms. The lowest BCUT2D eigenvalue weighted by atomic mass is 9.84. The molecule has 61 heavy (non-hydrogen) atoms. The first kappa shape index (κ1) is 39.1. The molecule has 0 spiro atoms. The summed E-state index contributed by atoms with van der Waals surface area (Å²) in [6.07, 6.45) is 7.63. The molecule has 4 saturated heterocycles. The maximum Gasteiger partial charge on any atom is 0.276 e. The Balaban J connectivity index is 0.698. The lowest BCUT2D eigenvalue weighted by molar-refractivity contribution is -0.150. The fourth-order valence-electron chi connectivity index (χ4n) is 10.2. The SMILES string of the molecule is C[C@@]12Cc3[nH]nc(C(=O)Nc4cnn([C@H](c5ccccc5)C5CN(C(=O)C6CN(C7CCN(c8ccc(C(=O)NC9CCC(=O)NC9=O)nc8)CC7)C6)C5)c4)c3C[C@@H]1C2(F)F. The number of alkyl halides is 2. The number of benzene rings is 1. The second-order valence-corrected chi connectivity index (χ2v) is 17.8. The van der Waals surface area contributed by atoms with Gasteiger partial charge in [-0.15, -0.1) is 0 Å². The van der Waals surface area contributed by atoms with Crippen LogP contribution in [0.1, 0.15) is 76.4 Å². The Bertz CT molecular complexity index is 2390. The number of H-pyrrole nitrogens is 1. The quantitative estimate of drug-likeness (QED) is 0.173. The monoisotopic (exact) mass is 835 g/mol. The minimum absolute atomic E-state index is 0.0450. The van der Waals surface area contributed by atoms with Gasteiger partial charge < -0.3 is 20.4 Å². The minimum Gasteiger partial charge on any atom is -0.370 e. The zero-order chi connectivity index (χ0) is 42.2. The average molecular weight is 836 g/mol. The highest BCUT2D eigenvalue weighted by molar-refractivity contribution is 6.04. The molecule has 4 atom stereocenters. The number of aromatic amines is 1. The Morgan fingerprint density at radius 2 is 1.72 bits per heavy atom. The predicted molar refractivity (Wildman–Crippen MR) is 216 cm³/mol. The van der Waals surface area contributed by atoms with Crippen LogP contribution in [0.25, 0.3) is 0 Å². The number of anilines is 2. The number of nitrogens with one attached hydrogen (secondary N) is 4. The van der Waals surface area contributed by atoms with E-state index < -0.39 is 41.0 Å². The van der Waals surface area contributed by atoms with Crippen molar-refractivity contribution < 1.29 is 32.8 Å². The van der Waals surface area contributed by atoms with E-state index in [0.717, 1.165) is 50.3 Å². The number of halogens is 2. The number of imide groups is 1. The topological polar surface area (TPSA) is 191 Å². The summed E-state index contributed by atoms with van der Waals surface area (Å²) in [4.78, 5) is 74.1. The number of carbonyl (C=O) groups is 5. The molecular weight excluding hydrogens is 789 g/mol. The summed E-state index contributed by atoms with van der Waals surface area (Å²) >= 11 is 0. The van der Waals surface area contributed by atoms with Gasteiger partial charge in [0.1, 0.15) is 11.7 Å². The molecule has 6 aliphatic rings. The molecule has 5 fully saturated rings. The maximum absolute atomic E-state index is 14.5. The van der Waals surface area contributed by atoms with Crippen LogP contribution < -0.4 is 20.9 Å². The second-order valence-electron chi connectivity index (χ2n) is 17.8. The third kappa shape index (κ3) is 6.93. The summed E-state index contributed by atoms with van der Waals surface area (Å²) in [5.41, 5.74) is 2.84. The van der Waals surface area contributed by atoms with E-state index in [2.05, 4.69) is 46.0 Å². The van der Waals surface area contributed by atoms with Crippen LogP contribution in [0.2, 0.25) is 0 Å². The number of likely N-dealkylation sites (tertiary alicyclic amines) is 2. The molecule has 0 radical (unpaired) electrons. The number of fused-ring (bicyclic) bond motifs is 2. The predicted octanol–water partition coefficient (Wildman–Crippen LogP) is 2.81. The molecule has 1 saturated carbocycles. The van der Waals surface area contributed by atoms with Crippen LogP contribution in [0.15, 0.2) is 61.1 Å². The summed E-state index contributed by atoms with van der Waals surface area (Å²) < 4.78 is 30.8. The van der Waals surface area contributed by atoms with Crippen molar-refractivity contribution in [3.8, 4) is 0 Å². The van der Waals surface area contributed by atoms with E-state index >= 15 is 0 Å². The van der Waals surface area contributed by atoms with E-state index in [1.54, 1.807) is 31.6 Å². The summed E-state index contributed by atoms with van der Waals surface area (Å²) in [5, 5.41) is 19.5. The van der Waals surface area contributed by atoms with Crippen molar-refractivity contribution in [1.29, 1.82) is 0 Å². The van der Waals surface area contributed by atoms with Crippen molar-refractivity contribution >= 4 is 40.9 Å². The Labute approximate surface area is 349 Å². The van der Waals surface area contributed by atoms with Crippen molar-refractivity contribution in [1.82, 2.24) is 45.4 Å². The standard InChI is InChI=1S/C43H47F2N11O5/c1-42-16-33-30(15-34(42)43(42,44)45)36(52-51-33)40(60)48-27-17-47-56(23-27)37(24-5-3-2-4-6-24)25-19-55(20-25)41(61)26-21-54(22-26)28-11-13-53(14-12-28)29-7-8-31(46-18-29)38(58)49-32-9-10-35(57)50-39(32)59/h2-8,17-18,23,25-26,28,32,34,37H,9-16,19-22H2,1H3,(H,48,60)(H,49,58)(H,51,52)(H,50,57,59)/t32?,34-,37+,42+/m0/s1. The van der Waals surface area contributed by atoms with Gasteiger partial charge in [0, 0.05) is 92.9 Å². The van der Waals surface area contributed by atoms with Gasteiger partial charge in [0.2, 0.25) is 17.7 Å². The van der Waals surface area contributed by atoms with Crippen molar-refractivity contribution in [2.75, 3.05) is 49.5 Å². The van der Waals surface area contributed by atoms with Crippen LogP contribution in [-0.4, -0.2) is 122 Å². The van der Waals surface area contributed by atoms with Gasteiger partial charge in [-0.2, -0.15) is 10.2 Å². The van der Waals surface area contributed by atoms with Crippen molar-refractivity contribution in [3.63, 3.8) is 0 Å². The average Bonchev–Trinajstić information content (AvgIpc) is 3.63. The van der Waals surface area contributed by atoms with Gasteiger partial charge in [-0.3, -0.25) is 44.0 Å². The van der Waals surface area contributed by atoms with Gasteiger partial charge in [0.05, 0.1) is 35.7 Å². The number of amides is 5. The van der Waals surface area contributed by atoms with Gasteiger partial charge in [-0.05, 0) is 43.4 Å². The third-order valence-electron chi connectivity index (χ3n) is 14.1. The molecule has 16 nitrogen and oxygen atoms in total. The Kier molecular flexibility index (Phi) is 9.52. The van der Waals surface area contributed by atoms with E-state index in [1.807, 2.05) is 46.0 Å². The van der Waals surface area contributed by atoms with Crippen LogP contribution in [-0.2, 0) is 27.2 Å². The van der Waals surface area contributed by atoms with Crippen LogP contribution in [0, 0.1) is 23.2 Å². The maximum atomic E-state index is 14.5. The second kappa shape index (κ2) is 14.8. The normalized spacial score (nSPS) is 25.7. The van der Waals surface area contributed by atoms with Crippen LogP contribution in [0.5, 0.6) is 0 Å². The Hall–Kier alpha value is -6.04. The molecule has 1 aromatic carbocycles. The number of rotatable bonds is 10. The molecule has 7 heterocycles. The molecule has 318 valence electrons. The smallest absolute Gasteiger partial charge is 0.276 e. The molecule has 5 amide bonds. The van der Waals surface area contributed by atoms with Crippen LogP contribution >= 0.6 is 0 Å². The fraction of sp³-hybridized carbons (Fsp3) is 0.488. The highest BCUT2D eigenvalue weighted by atomic mass is 19.3. The molecule has 3 aromatic heterocycles. The molecule has 4 N–H and O–H groups in total. The number of hydrogen-bond donors (Lipinski definition) is 4. The first-order valence-corrected chi connectivity index (χ1v) is 21.1. The number of hydrogen-bond acceptors (Lipinski definition) is 10. The Morgan fingerprint density at radius 3 is 2.44 bits per heavy atom. The van der Waals surface area contributed by atoms with Crippen molar-refractivity contribution in [3.05, 3.63) is 89.3 Å². The molecule has 10 rings (SSSR count). The zero-order valence-corrected chi connectivity index (χ0v) is 33.7. The van der Waals surface area contributed by atoms with Crippen molar-refractivity contribution in [2.24, 2.45) is 23.2 Å². The highest BCUT2D eigenvalue weighted by Gasteiger charge is 2.78. The molecule has 4 aromatic rings. The van der Waals surface area contributed by atoms with Gasteiger partial charge in [-0.25, -0.2) is 13.8 Å². The first-order chi connectivity index (χ1) is 29.4. The summed E-state index contributed by atoms with van der Waals surface area (Å²) in [6, 6.07) is 12.9. The molecule has 4 aliphatic heterocycles. The molecule has 18 heteroatoms. The summed E-state index contributed by atoms with van der Waals surface area (Å²) in [5.74, 6) is -5.09. The van der Waals surface area contributed by atoms with Gasteiger partial charge in [0.15, 0.2) is 5.69 Å². The largest absolute Gasteiger partial charge is 0.370 e. The van der Waals surface area contributed by atoms with Gasteiger partial charge in [0.25, 0.3) is 17.7 Å². The summed E-state index contributed by atoms with van der Waals surface area (Å²) in [6.45, 7) is 5.87. The molecule has 1 unspecified atom stereocenters. The number of nitrogens with zero attached hydrogens (tertiary/aromatic N) is 7. The van der Waals surface area contributed by atoms with E-state index in [9.17, 15) is 32.8 Å². The lowest BCUT2D eigenvalue weighted by Gasteiger charge is -2.50. The number of piperidine rings is 2. The fourth-order valence-corrected chi connectivity index (χ4v) is 10.2. The first-order valence-electron chi connectivity index (χ1n) is 21.1. The van der Waals surface area contributed by atoms with E-state index in [-0.39, 0.29) is 66.8 Å². The van der Waals surface area contributed by atoms with Gasteiger partial charge >= 0.3 is 0 Å². The number of pyridine rings is 1. The number of carbonyl (C=O) groups excluding carboxylic acids is 5. The number of aromatic nitrogens is 5. The molecule has 2 aliphatic carbocycles. The molecular formula is C43H47F2N11O5. The zero-order valence-electron chi connectivity index (χ0n) is 33.7. The third-order valence-corrected chi connectivity index (χ3v) is 14.1. The van der Waals surface area contributed by atoms with Gasteiger partial charge in [-0.1, -0.05) is 37.3 Å². The van der Waals surface area contributed by atoms with E-state index in [1.165, 1.54) is 0 Å². The summed E-state index contributed by atoms with van der Waals surface area (Å²) in [7, 11) is 0. The lowest BCUT2D eigenvalue weighted by Crippen LogP contribution is -2.63. The highest BCUT2D eigenvalue weighted by Crippen LogP contribution is 2.70. The minimum atomic E-state index is -2.75. The van der Waals surface area contributed by atoms with Crippen LogP contribution in [0.3, 0.4) is 0 Å². The van der Waals surface area contributed by atoms with E-state index in [4.69, 9.17) is 0 Å². The van der Waals surface area contributed by atoms with Crippen molar-refractivity contribution in [2.45, 2.75) is 69.5 Å². The Morgan fingerprint density at radius 1 is 0.951 bits per heavy atom.